The molecule has 2 aromatic carbocycles. The van der Waals surface area contributed by atoms with E-state index in [1.165, 1.54) is 6.92 Å². The maximum Gasteiger partial charge on any atom is 1.00 e. The molecule has 33 heavy (non-hydrogen) atoms. The van der Waals surface area contributed by atoms with Gasteiger partial charge < -0.3 is 14.2 Å². The summed E-state index contributed by atoms with van der Waals surface area (Å²) in [5, 5.41) is 0. The molecule has 0 heterocycles. The van der Waals surface area contributed by atoms with Gasteiger partial charge in [-0.05, 0) is 42.7 Å². The number of hydrogen-bond acceptors (Lipinski definition) is 3. The molecule has 2 aromatic rings. The zero-order valence-corrected chi connectivity index (χ0v) is 21.0. The molecule has 178 valence electrons. The molecule has 0 N–H and O–H groups in total. The smallest absolute Gasteiger partial charge is 0.769 e. The Labute approximate surface area is 215 Å². The summed E-state index contributed by atoms with van der Waals surface area (Å²) >= 11 is 3.39. The second-order valence-electron chi connectivity index (χ2n) is 7.42. The average Bonchev–Trinajstić information content (AvgIpc) is 2.76. The van der Waals surface area contributed by atoms with E-state index in [0.29, 0.717) is 18.6 Å². The van der Waals surface area contributed by atoms with E-state index in [-0.39, 0.29) is 54.2 Å². The van der Waals surface area contributed by atoms with E-state index in [9.17, 15) is 31.1 Å². The number of ether oxygens (including phenoxy) is 1. The minimum absolute atomic E-state index is 0. The number of rotatable bonds is 8. The molecule has 0 aromatic heterocycles. The Balaban J connectivity index is 0.00000332. The van der Waals surface area contributed by atoms with Gasteiger partial charge in [0.05, 0.1) is 23.8 Å². The van der Waals surface area contributed by atoms with E-state index in [4.69, 9.17) is 9.40 Å². The SMILES string of the molecule is C[C@@H](OC[C@](C)(CCC=O)c1ccccc1)c1cc(C(F)(F)F)cc(C(F)(F)F)c1.[Na+].[O-]Cl. The van der Waals surface area contributed by atoms with Crippen LogP contribution in [0.2, 0.25) is 0 Å². The standard InChI is InChI=1S/C22H22F6O2.ClO.Na/c1-15(16-11-18(21(23,24)25)13-19(12-16)22(26,27)28)30-14-20(2,9-6-10-29)17-7-4-3-5-8-17;1-2;/h3-5,7-8,10-13,15H,6,9,14H2,1-2H3;;/q;-1;+1/t15-,20+;;/m1../s1. The largest absolute Gasteiger partial charge is 1.00 e. The number of alkyl halides is 6. The first-order valence-electron chi connectivity index (χ1n) is 9.42. The van der Waals surface area contributed by atoms with Crippen LogP contribution in [-0.4, -0.2) is 12.9 Å². The van der Waals surface area contributed by atoms with Crippen LogP contribution in [0.4, 0.5) is 26.3 Å². The van der Waals surface area contributed by atoms with Gasteiger partial charge in [-0.2, -0.15) is 26.3 Å². The van der Waals surface area contributed by atoms with Gasteiger partial charge in [0, 0.05) is 11.8 Å². The summed E-state index contributed by atoms with van der Waals surface area (Å²) in [7, 11) is 0. The molecule has 0 bridgehead atoms. The fourth-order valence-corrected chi connectivity index (χ4v) is 3.14. The van der Waals surface area contributed by atoms with Crippen LogP contribution in [0, 0.1) is 0 Å². The van der Waals surface area contributed by atoms with Gasteiger partial charge in [-0.3, -0.25) is 0 Å². The van der Waals surface area contributed by atoms with E-state index in [2.05, 4.69) is 11.9 Å². The number of halogens is 7. The molecule has 0 aliphatic carbocycles. The Kier molecular flexibility index (Phi) is 13.2. The summed E-state index contributed by atoms with van der Waals surface area (Å²) in [6.45, 7) is 3.26. The van der Waals surface area contributed by atoms with E-state index < -0.39 is 35.0 Å². The number of hydrogen-bond donors (Lipinski definition) is 0. The number of aldehydes is 1. The van der Waals surface area contributed by atoms with Gasteiger partial charge in [-0.15, -0.1) is 0 Å². The van der Waals surface area contributed by atoms with Crippen LogP contribution in [-0.2, 0) is 27.3 Å². The van der Waals surface area contributed by atoms with Gasteiger partial charge in [-0.1, -0.05) is 37.3 Å². The van der Waals surface area contributed by atoms with Gasteiger partial charge in [0.15, 0.2) is 0 Å². The molecule has 0 radical (unpaired) electrons. The molecular weight excluding hydrogens is 485 g/mol. The van der Waals surface area contributed by atoms with Crippen LogP contribution in [0.15, 0.2) is 48.5 Å². The van der Waals surface area contributed by atoms with E-state index in [1.54, 1.807) is 12.1 Å². The zero-order chi connectivity index (χ0) is 24.6. The predicted molar refractivity (Wildman–Crippen MR) is 106 cm³/mol. The normalized spacial score (nSPS) is 14.2. The van der Waals surface area contributed by atoms with Gasteiger partial charge >= 0.3 is 41.9 Å². The molecule has 0 aliphatic heterocycles. The van der Waals surface area contributed by atoms with Crippen molar-refractivity contribution in [2.75, 3.05) is 6.61 Å². The molecule has 0 unspecified atom stereocenters. The molecule has 0 fully saturated rings. The number of carbonyl (C=O) groups is 1. The molecule has 0 saturated heterocycles. The summed E-state index contributed by atoms with van der Waals surface area (Å²) in [5.74, 6) is 0. The van der Waals surface area contributed by atoms with Crippen molar-refractivity contribution in [1.82, 2.24) is 0 Å². The predicted octanol–water partition coefficient (Wildman–Crippen LogP) is 3.24. The summed E-state index contributed by atoms with van der Waals surface area (Å²) < 4.78 is 92.0. The maximum absolute atomic E-state index is 13.1. The first-order valence-corrected chi connectivity index (χ1v) is 9.73. The Morgan fingerprint density at radius 2 is 1.42 bits per heavy atom. The summed E-state index contributed by atoms with van der Waals surface area (Å²) in [6.07, 6.45) is -9.44. The van der Waals surface area contributed by atoms with Crippen molar-refractivity contribution in [2.24, 2.45) is 0 Å². The number of benzene rings is 2. The van der Waals surface area contributed by atoms with Crippen LogP contribution in [0.25, 0.3) is 0 Å². The Hall–Kier alpha value is -1.10. The summed E-state index contributed by atoms with van der Waals surface area (Å²) in [6, 6.07) is 10.5. The fraction of sp³-hybridized carbons (Fsp3) is 0.409. The van der Waals surface area contributed by atoms with Crippen molar-refractivity contribution < 1.29 is 70.1 Å². The third-order valence-corrected chi connectivity index (χ3v) is 5.02. The summed E-state index contributed by atoms with van der Waals surface area (Å²) in [5.41, 5.74) is -2.75. The molecule has 0 spiro atoms. The first-order chi connectivity index (χ1) is 14.9. The quantitative estimate of drug-likeness (QED) is 0.314. The monoisotopic (exact) mass is 506 g/mol. The first kappa shape index (κ1) is 31.9. The minimum Gasteiger partial charge on any atom is -0.769 e. The molecule has 11 heteroatoms. The van der Waals surface area contributed by atoms with Crippen molar-refractivity contribution >= 4 is 18.2 Å². The minimum atomic E-state index is -4.92. The third-order valence-electron chi connectivity index (χ3n) is 5.02. The Bertz CT molecular complexity index is 829. The molecule has 0 saturated carbocycles. The average molecular weight is 507 g/mol. The topological polar surface area (TPSA) is 49.4 Å². The Morgan fingerprint density at radius 3 is 1.85 bits per heavy atom. The van der Waals surface area contributed by atoms with Crippen molar-refractivity contribution in [3.05, 3.63) is 70.8 Å². The van der Waals surface area contributed by atoms with Crippen LogP contribution in [0.3, 0.4) is 0 Å². The molecule has 2 rings (SSSR count). The third kappa shape index (κ3) is 9.58. The Morgan fingerprint density at radius 1 is 0.939 bits per heavy atom. The molecule has 3 nitrogen and oxygen atoms in total. The molecular formula is C22H22ClF6NaO3. The molecule has 0 amide bonds. The van der Waals surface area contributed by atoms with E-state index >= 15 is 0 Å². The van der Waals surface area contributed by atoms with Crippen molar-refractivity contribution in [2.45, 2.75) is 50.6 Å². The van der Waals surface area contributed by atoms with Gasteiger partial charge in [0.25, 0.3) is 0 Å². The van der Waals surface area contributed by atoms with Crippen LogP contribution >= 0.6 is 11.9 Å². The van der Waals surface area contributed by atoms with Crippen molar-refractivity contribution in [3.63, 3.8) is 0 Å². The maximum atomic E-state index is 13.1. The second kappa shape index (κ2) is 13.7. The second-order valence-corrected chi connectivity index (χ2v) is 7.42. The molecule has 0 aliphatic rings. The van der Waals surface area contributed by atoms with Gasteiger partial charge in [0.1, 0.15) is 6.29 Å². The fourth-order valence-electron chi connectivity index (χ4n) is 3.14. The van der Waals surface area contributed by atoms with Crippen LogP contribution < -0.4 is 34.2 Å². The summed E-state index contributed by atoms with van der Waals surface area (Å²) in [4.78, 5) is 10.9. The van der Waals surface area contributed by atoms with Crippen LogP contribution in [0.5, 0.6) is 0 Å². The van der Waals surface area contributed by atoms with Crippen molar-refractivity contribution in [1.29, 1.82) is 0 Å². The number of carbonyl (C=O) groups excluding carboxylic acids is 1. The van der Waals surface area contributed by atoms with Crippen LogP contribution in [0.1, 0.15) is 55.0 Å². The van der Waals surface area contributed by atoms with Gasteiger partial charge in [0.2, 0.25) is 0 Å². The zero-order valence-electron chi connectivity index (χ0n) is 18.3. The molecule has 2 atom stereocenters. The van der Waals surface area contributed by atoms with Crippen molar-refractivity contribution in [3.8, 4) is 0 Å². The van der Waals surface area contributed by atoms with E-state index in [1.807, 2.05) is 25.1 Å². The van der Waals surface area contributed by atoms with Gasteiger partial charge in [-0.25, -0.2) is 11.9 Å². The van der Waals surface area contributed by atoms with E-state index in [0.717, 1.165) is 11.8 Å².